The molecule has 0 saturated carbocycles. The minimum atomic E-state index is -0.669. The molecule has 3 heterocycles. The molecule has 2 aromatic carbocycles. The predicted molar refractivity (Wildman–Crippen MR) is 125 cm³/mol. The Balaban J connectivity index is 1.37. The van der Waals surface area contributed by atoms with E-state index in [4.69, 9.17) is 0 Å². The molecule has 7 heteroatoms. The lowest BCUT2D eigenvalue weighted by atomic mass is 10.1. The van der Waals surface area contributed by atoms with Crippen molar-refractivity contribution in [3.63, 3.8) is 0 Å². The van der Waals surface area contributed by atoms with Crippen molar-refractivity contribution >= 4 is 16.7 Å². The second-order valence-corrected chi connectivity index (χ2v) is 8.50. The number of aromatic amines is 1. The van der Waals surface area contributed by atoms with Crippen LogP contribution in [0, 0.1) is 5.82 Å². The molecule has 32 heavy (non-hydrogen) atoms. The summed E-state index contributed by atoms with van der Waals surface area (Å²) < 4.78 is 13.7. The van der Waals surface area contributed by atoms with Crippen LogP contribution in [-0.2, 0) is 0 Å². The molecular weight excluding hydrogens is 405 g/mol. The van der Waals surface area contributed by atoms with Crippen molar-refractivity contribution < 1.29 is 9.50 Å². The number of phenols is 1. The Labute approximate surface area is 186 Å². The highest BCUT2D eigenvalue weighted by Gasteiger charge is 2.19. The molecule has 0 atom stereocenters. The summed E-state index contributed by atoms with van der Waals surface area (Å²) in [7, 11) is 0. The standard InChI is InChI=1S/C25H26FN5O/c1-16(2)30-11-13-31(14-12-30)19-6-3-17(4-7-19)24-20-8-9-22(27-25(20)29-28-24)18-5-10-23(32)21(26)15-18/h3-10,15-16,32H,11-14H2,1-2H3,(H,27,28,29). The first-order valence-corrected chi connectivity index (χ1v) is 10.9. The molecule has 2 aromatic heterocycles. The maximum atomic E-state index is 13.7. The van der Waals surface area contributed by atoms with Crippen LogP contribution in [-0.4, -0.2) is 57.4 Å². The third-order valence-corrected chi connectivity index (χ3v) is 6.23. The smallest absolute Gasteiger partial charge is 0.182 e. The van der Waals surface area contributed by atoms with Gasteiger partial charge in [-0.3, -0.25) is 10.00 Å². The van der Waals surface area contributed by atoms with Crippen molar-refractivity contribution in [2.45, 2.75) is 19.9 Å². The number of benzene rings is 2. The van der Waals surface area contributed by atoms with E-state index in [-0.39, 0.29) is 5.75 Å². The summed E-state index contributed by atoms with van der Waals surface area (Å²) in [5.41, 5.74) is 4.95. The van der Waals surface area contributed by atoms with Gasteiger partial charge >= 0.3 is 0 Å². The molecule has 1 aliphatic rings. The average molecular weight is 432 g/mol. The Hall–Kier alpha value is -3.45. The van der Waals surface area contributed by atoms with E-state index < -0.39 is 5.82 Å². The van der Waals surface area contributed by atoms with Gasteiger partial charge in [-0.05, 0) is 56.3 Å². The van der Waals surface area contributed by atoms with Crippen LogP contribution in [0.3, 0.4) is 0 Å². The maximum absolute atomic E-state index is 13.7. The van der Waals surface area contributed by atoms with Crippen molar-refractivity contribution in [3.8, 4) is 28.3 Å². The molecule has 164 valence electrons. The van der Waals surface area contributed by atoms with E-state index in [1.165, 1.54) is 17.8 Å². The number of hydrogen-bond acceptors (Lipinski definition) is 5. The number of aromatic nitrogens is 3. The molecule has 0 aliphatic carbocycles. The number of fused-ring (bicyclic) bond motifs is 1. The Morgan fingerprint density at radius 3 is 2.34 bits per heavy atom. The van der Waals surface area contributed by atoms with Gasteiger partial charge in [0.1, 0.15) is 0 Å². The van der Waals surface area contributed by atoms with Crippen molar-refractivity contribution in [1.29, 1.82) is 0 Å². The molecule has 1 saturated heterocycles. The zero-order chi connectivity index (χ0) is 22.2. The second kappa shape index (κ2) is 8.24. The molecule has 1 aliphatic heterocycles. The number of anilines is 1. The van der Waals surface area contributed by atoms with E-state index in [1.54, 1.807) is 6.07 Å². The number of pyridine rings is 1. The van der Waals surface area contributed by atoms with Crippen LogP contribution >= 0.6 is 0 Å². The number of nitrogens with zero attached hydrogens (tertiary/aromatic N) is 4. The Kier molecular flexibility index (Phi) is 5.27. The minimum absolute atomic E-state index is 0.373. The lowest BCUT2D eigenvalue weighted by molar-refractivity contribution is 0.209. The van der Waals surface area contributed by atoms with Crippen molar-refractivity contribution in [1.82, 2.24) is 20.1 Å². The fourth-order valence-electron chi connectivity index (χ4n) is 4.28. The van der Waals surface area contributed by atoms with E-state index in [1.807, 2.05) is 12.1 Å². The summed E-state index contributed by atoms with van der Waals surface area (Å²) in [6, 6.07) is 17.2. The SMILES string of the molecule is CC(C)N1CCN(c2ccc(-c3[nH]nc4nc(-c5ccc(O)c(F)c5)ccc34)cc2)CC1. The second-order valence-electron chi connectivity index (χ2n) is 8.50. The summed E-state index contributed by atoms with van der Waals surface area (Å²) in [6.45, 7) is 8.75. The van der Waals surface area contributed by atoms with Crippen LogP contribution in [0.5, 0.6) is 5.75 Å². The van der Waals surface area contributed by atoms with Gasteiger partial charge in [-0.2, -0.15) is 5.10 Å². The van der Waals surface area contributed by atoms with Gasteiger partial charge in [0.2, 0.25) is 0 Å². The maximum Gasteiger partial charge on any atom is 0.182 e. The third kappa shape index (κ3) is 3.80. The molecule has 0 spiro atoms. The van der Waals surface area contributed by atoms with E-state index in [9.17, 15) is 9.50 Å². The number of rotatable bonds is 4. The van der Waals surface area contributed by atoms with E-state index in [0.717, 1.165) is 42.8 Å². The normalized spacial score (nSPS) is 15.1. The van der Waals surface area contributed by atoms with Gasteiger partial charge in [-0.25, -0.2) is 9.37 Å². The van der Waals surface area contributed by atoms with E-state index in [0.29, 0.717) is 22.9 Å². The van der Waals surface area contributed by atoms with Crippen LogP contribution in [0.1, 0.15) is 13.8 Å². The van der Waals surface area contributed by atoms with Crippen LogP contribution in [0.4, 0.5) is 10.1 Å². The highest BCUT2D eigenvalue weighted by Crippen LogP contribution is 2.30. The fraction of sp³-hybridized carbons (Fsp3) is 0.280. The van der Waals surface area contributed by atoms with Crippen molar-refractivity contribution in [2.24, 2.45) is 0 Å². The zero-order valence-corrected chi connectivity index (χ0v) is 18.2. The number of nitrogens with one attached hydrogen (secondary N) is 1. The summed E-state index contributed by atoms with van der Waals surface area (Å²) in [4.78, 5) is 9.51. The first-order chi connectivity index (χ1) is 15.5. The van der Waals surface area contributed by atoms with Gasteiger partial charge in [-0.15, -0.1) is 0 Å². The molecule has 6 nitrogen and oxygen atoms in total. The Morgan fingerprint density at radius 2 is 1.66 bits per heavy atom. The molecule has 0 radical (unpaired) electrons. The van der Waals surface area contributed by atoms with Gasteiger partial charge in [0, 0.05) is 54.4 Å². The van der Waals surface area contributed by atoms with Crippen LogP contribution in [0.25, 0.3) is 33.5 Å². The monoisotopic (exact) mass is 431 g/mol. The highest BCUT2D eigenvalue weighted by atomic mass is 19.1. The zero-order valence-electron chi connectivity index (χ0n) is 18.2. The summed E-state index contributed by atoms with van der Waals surface area (Å²) in [5, 5.41) is 17.8. The molecule has 0 amide bonds. The van der Waals surface area contributed by atoms with Crippen LogP contribution < -0.4 is 4.90 Å². The Bertz CT molecular complexity index is 1240. The summed E-state index contributed by atoms with van der Waals surface area (Å²) in [6.07, 6.45) is 0. The van der Waals surface area contributed by atoms with Crippen molar-refractivity contribution in [3.05, 3.63) is 60.4 Å². The molecule has 4 aromatic rings. The third-order valence-electron chi connectivity index (χ3n) is 6.23. The number of halogens is 1. The van der Waals surface area contributed by atoms with E-state index in [2.05, 4.69) is 63.1 Å². The lowest BCUT2D eigenvalue weighted by Gasteiger charge is -2.38. The molecular formula is C25H26FN5O. The molecule has 0 unspecified atom stereocenters. The molecule has 1 fully saturated rings. The minimum Gasteiger partial charge on any atom is -0.505 e. The summed E-state index contributed by atoms with van der Waals surface area (Å²) >= 11 is 0. The number of phenolic OH excluding ortho intramolecular Hbond substituents is 1. The molecule has 2 N–H and O–H groups in total. The lowest BCUT2D eigenvalue weighted by Crippen LogP contribution is -2.48. The highest BCUT2D eigenvalue weighted by molar-refractivity contribution is 5.92. The van der Waals surface area contributed by atoms with Crippen molar-refractivity contribution in [2.75, 3.05) is 31.1 Å². The van der Waals surface area contributed by atoms with Crippen LogP contribution in [0.15, 0.2) is 54.6 Å². The Morgan fingerprint density at radius 1 is 0.938 bits per heavy atom. The quantitative estimate of drug-likeness (QED) is 0.492. The average Bonchev–Trinajstić information content (AvgIpc) is 3.24. The first-order valence-electron chi connectivity index (χ1n) is 10.9. The number of hydrogen-bond donors (Lipinski definition) is 2. The predicted octanol–water partition coefficient (Wildman–Crippen LogP) is 4.67. The molecule has 5 rings (SSSR count). The number of piperazine rings is 1. The van der Waals surface area contributed by atoms with Gasteiger partial charge in [0.25, 0.3) is 0 Å². The van der Waals surface area contributed by atoms with E-state index >= 15 is 0 Å². The fourth-order valence-corrected chi connectivity index (χ4v) is 4.28. The van der Waals surface area contributed by atoms with Gasteiger partial charge in [-0.1, -0.05) is 12.1 Å². The molecule has 0 bridgehead atoms. The first kappa shape index (κ1) is 20.5. The van der Waals surface area contributed by atoms with Gasteiger partial charge in [0.15, 0.2) is 17.2 Å². The van der Waals surface area contributed by atoms with Crippen LogP contribution in [0.2, 0.25) is 0 Å². The number of aromatic hydroxyl groups is 1. The summed E-state index contributed by atoms with van der Waals surface area (Å²) in [5.74, 6) is -1.04. The number of H-pyrrole nitrogens is 1. The van der Waals surface area contributed by atoms with Gasteiger partial charge in [0.05, 0.1) is 11.4 Å². The largest absolute Gasteiger partial charge is 0.505 e. The topological polar surface area (TPSA) is 68.3 Å². The van der Waals surface area contributed by atoms with Gasteiger partial charge < -0.3 is 10.0 Å².